The maximum atomic E-state index is 12.7. The Labute approximate surface area is 110 Å². The molecule has 1 aliphatic carbocycles. The van der Waals surface area contributed by atoms with Crippen molar-refractivity contribution in [2.75, 3.05) is 19.8 Å². The average molecular weight is 275 g/mol. The first-order valence-corrected chi connectivity index (χ1v) is 8.93. The molecule has 0 radical (unpaired) electrons. The highest BCUT2D eigenvalue weighted by atomic mass is 31.2. The van der Waals surface area contributed by atoms with E-state index in [-0.39, 0.29) is 5.78 Å². The van der Waals surface area contributed by atoms with E-state index in [9.17, 15) is 4.57 Å². The summed E-state index contributed by atoms with van der Waals surface area (Å²) in [6.07, 6.45) is 6.21. The van der Waals surface area contributed by atoms with Gasteiger partial charge in [-0.25, -0.2) is 0 Å². The largest absolute Gasteiger partial charge is 0.347 e. The van der Waals surface area contributed by atoms with Gasteiger partial charge in [0.1, 0.15) is 5.78 Å². The third-order valence-electron chi connectivity index (χ3n) is 4.21. The van der Waals surface area contributed by atoms with Crippen molar-refractivity contribution in [1.82, 2.24) is 5.32 Å². The standard InChI is InChI=1S/C13H26NO3P/c1-3-16-18(15,17-4-2)13-9-11-7-5-6-8-12(11)10-14-13/h11-14H,3-10H2,1-2H3. The lowest BCUT2D eigenvalue weighted by molar-refractivity contribution is 0.146. The molecule has 1 heterocycles. The fraction of sp³-hybridized carbons (Fsp3) is 1.00. The summed E-state index contributed by atoms with van der Waals surface area (Å²) in [5.74, 6) is 1.38. The number of nitrogens with one attached hydrogen (secondary N) is 1. The molecule has 1 saturated carbocycles. The molecule has 5 heteroatoms. The van der Waals surface area contributed by atoms with Crippen LogP contribution in [0.3, 0.4) is 0 Å². The van der Waals surface area contributed by atoms with Crippen LogP contribution in [0.4, 0.5) is 0 Å². The molecule has 1 saturated heterocycles. The van der Waals surface area contributed by atoms with Crippen LogP contribution in [0.15, 0.2) is 0 Å². The first-order chi connectivity index (χ1) is 8.69. The van der Waals surface area contributed by atoms with Gasteiger partial charge >= 0.3 is 7.60 Å². The van der Waals surface area contributed by atoms with E-state index in [4.69, 9.17) is 9.05 Å². The lowest BCUT2D eigenvalue weighted by atomic mass is 9.75. The molecule has 2 aliphatic rings. The van der Waals surface area contributed by atoms with Gasteiger partial charge in [0.15, 0.2) is 0 Å². The van der Waals surface area contributed by atoms with Crippen LogP contribution in [-0.2, 0) is 13.6 Å². The SMILES string of the molecule is CCOP(=O)(OCC)C1CC2CCCCC2CN1. The van der Waals surface area contributed by atoms with Crippen molar-refractivity contribution in [1.29, 1.82) is 0 Å². The Kier molecular flexibility index (Phi) is 5.25. The van der Waals surface area contributed by atoms with Gasteiger partial charge in [-0.1, -0.05) is 19.3 Å². The second kappa shape index (κ2) is 6.51. The third kappa shape index (κ3) is 3.16. The number of fused-ring (bicyclic) bond motifs is 1. The van der Waals surface area contributed by atoms with Crippen LogP contribution in [-0.4, -0.2) is 25.5 Å². The maximum Gasteiger partial charge on any atom is 0.347 e. The minimum atomic E-state index is -2.97. The fourth-order valence-electron chi connectivity index (χ4n) is 3.34. The quantitative estimate of drug-likeness (QED) is 0.781. The Morgan fingerprint density at radius 1 is 1.11 bits per heavy atom. The van der Waals surface area contributed by atoms with Crippen molar-refractivity contribution in [3.8, 4) is 0 Å². The van der Waals surface area contributed by atoms with Gasteiger partial charge in [-0.3, -0.25) is 4.57 Å². The Bertz CT molecular complexity index is 301. The van der Waals surface area contributed by atoms with Crippen molar-refractivity contribution in [2.45, 2.75) is 51.7 Å². The Balaban J connectivity index is 2.01. The van der Waals surface area contributed by atoms with E-state index in [1.807, 2.05) is 13.8 Å². The van der Waals surface area contributed by atoms with E-state index in [0.717, 1.165) is 18.9 Å². The second-order valence-corrected chi connectivity index (χ2v) is 7.56. The Hall–Kier alpha value is 0.110. The monoisotopic (exact) mass is 275 g/mol. The van der Waals surface area contributed by atoms with Gasteiger partial charge in [0.25, 0.3) is 0 Å². The molecule has 0 aromatic rings. The summed E-state index contributed by atoms with van der Waals surface area (Å²) in [5, 5.41) is 3.42. The summed E-state index contributed by atoms with van der Waals surface area (Å²) in [6.45, 7) is 5.61. The average Bonchev–Trinajstić information content (AvgIpc) is 2.39. The van der Waals surface area contributed by atoms with E-state index in [1.54, 1.807) is 0 Å². The molecule has 1 aliphatic heterocycles. The van der Waals surface area contributed by atoms with E-state index in [0.29, 0.717) is 19.1 Å². The summed E-state index contributed by atoms with van der Waals surface area (Å²) < 4.78 is 23.7. The molecule has 2 rings (SSSR count). The molecule has 0 spiro atoms. The second-order valence-electron chi connectivity index (χ2n) is 5.34. The highest BCUT2D eigenvalue weighted by Gasteiger charge is 2.42. The third-order valence-corrected chi connectivity index (χ3v) is 6.60. The predicted molar refractivity (Wildman–Crippen MR) is 72.7 cm³/mol. The zero-order chi connectivity index (χ0) is 13.0. The molecule has 0 aromatic carbocycles. The smallest absolute Gasteiger partial charge is 0.308 e. The molecule has 0 amide bonds. The molecule has 18 heavy (non-hydrogen) atoms. The molecule has 0 bridgehead atoms. The summed E-state index contributed by atoms with van der Waals surface area (Å²) in [5.41, 5.74) is 0. The Morgan fingerprint density at radius 3 is 2.33 bits per heavy atom. The highest BCUT2D eigenvalue weighted by Crippen LogP contribution is 2.56. The molecule has 106 valence electrons. The van der Waals surface area contributed by atoms with Gasteiger partial charge in [-0.05, 0) is 45.1 Å². The van der Waals surface area contributed by atoms with Crippen LogP contribution in [0.25, 0.3) is 0 Å². The van der Waals surface area contributed by atoms with Crippen LogP contribution in [0.5, 0.6) is 0 Å². The van der Waals surface area contributed by atoms with Crippen molar-refractivity contribution in [3.05, 3.63) is 0 Å². The summed E-state index contributed by atoms with van der Waals surface area (Å²) >= 11 is 0. The molecular weight excluding hydrogens is 249 g/mol. The molecule has 3 atom stereocenters. The van der Waals surface area contributed by atoms with Crippen LogP contribution in [0, 0.1) is 11.8 Å². The van der Waals surface area contributed by atoms with Gasteiger partial charge in [0, 0.05) is 0 Å². The topological polar surface area (TPSA) is 47.6 Å². The van der Waals surface area contributed by atoms with Gasteiger partial charge in [0.2, 0.25) is 0 Å². The first kappa shape index (κ1) is 14.5. The van der Waals surface area contributed by atoms with Gasteiger partial charge in [-0.15, -0.1) is 0 Å². The molecule has 2 fully saturated rings. The normalized spacial score (nSPS) is 33.1. The molecule has 0 aromatic heterocycles. The molecule has 3 unspecified atom stereocenters. The van der Waals surface area contributed by atoms with Crippen LogP contribution < -0.4 is 5.32 Å². The summed E-state index contributed by atoms with van der Waals surface area (Å²) in [7, 11) is -2.97. The van der Waals surface area contributed by atoms with Crippen molar-refractivity contribution in [2.24, 2.45) is 11.8 Å². The zero-order valence-electron chi connectivity index (χ0n) is 11.6. The highest BCUT2D eigenvalue weighted by molar-refractivity contribution is 7.54. The van der Waals surface area contributed by atoms with E-state index >= 15 is 0 Å². The van der Waals surface area contributed by atoms with Crippen molar-refractivity contribution in [3.63, 3.8) is 0 Å². The number of piperidine rings is 1. The number of hydrogen-bond donors (Lipinski definition) is 1. The van der Waals surface area contributed by atoms with Crippen LogP contribution in [0.1, 0.15) is 46.0 Å². The summed E-state index contributed by atoms with van der Waals surface area (Å²) in [6, 6.07) is 0. The lowest BCUT2D eigenvalue weighted by Crippen LogP contribution is -2.45. The predicted octanol–water partition coefficient (Wildman–Crippen LogP) is 3.38. The van der Waals surface area contributed by atoms with E-state index < -0.39 is 7.60 Å². The molecular formula is C13H26NO3P. The molecule has 1 N–H and O–H groups in total. The molecule has 4 nitrogen and oxygen atoms in total. The summed E-state index contributed by atoms with van der Waals surface area (Å²) in [4.78, 5) is 0. The number of hydrogen-bond acceptors (Lipinski definition) is 4. The van der Waals surface area contributed by atoms with Gasteiger partial charge in [-0.2, -0.15) is 0 Å². The maximum absolute atomic E-state index is 12.7. The van der Waals surface area contributed by atoms with E-state index in [1.165, 1.54) is 25.7 Å². The van der Waals surface area contributed by atoms with Crippen molar-refractivity contribution >= 4 is 7.60 Å². The first-order valence-electron chi connectivity index (χ1n) is 7.31. The number of rotatable bonds is 5. The Morgan fingerprint density at radius 2 is 1.72 bits per heavy atom. The van der Waals surface area contributed by atoms with Gasteiger partial charge < -0.3 is 14.4 Å². The zero-order valence-corrected chi connectivity index (χ0v) is 12.5. The fourth-order valence-corrected chi connectivity index (χ4v) is 5.35. The van der Waals surface area contributed by atoms with Gasteiger partial charge in [0.05, 0.1) is 13.2 Å². The van der Waals surface area contributed by atoms with Crippen LogP contribution in [0.2, 0.25) is 0 Å². The minimum Gasteiger partial charge on any atom is -0.308 e. The lowest BCUT2D eigenvalue weighted by Gasteiger charge is -2.41. The van der Waals surface area contributed by atoms with Crippen LogP contribution >= 0.6 is 7.60 Å². The van der Waals surface area contributed by atoms with Crippen molar-refractivity contribution < 1.29 is 13.6 Å². The minimum absolute atomic E-state index is 0.100. The van der Waals surface area contributed by atoms with E-state index in [2.05, 4.69) is 5.32 Å².